The summed E-state index contributed by atoms with van der Waals surface area (Å²) in [4.78, 5) is 10.9. The zero-order chi connectivity index (χ0) is 28.8. The molecule has 0 aliphatic carbocycles. The van der Waals surface area contributed by atoms with Gasteiger partial charge in [-0.15, -0.1) is 0 Å². The monoisotopic (exact) mass is 554 g/mol. The minimum Gasteiger partial charge on any atom is -0.456 e. The summed E-state index contributed by atoms with van der Waals surface area (Å²) in [7, 11) is 0. The second-order valence-electron chi connectivity index (χ2n) is 11.2. The molecule has 0 amide bonds. The standard InChI is InChI=1S/C40H30N2O/c1-2-30-38(27-16-7-4-8-17-27)41-40(32-21-12-11-20-31(32)26-14-5-3-6-15-26)42-39(30)33-22-13-23-35-37(33)34-24-28-18-9-10-19-29(28)25-36(34)43-35/h3-25,30,39H,2H2,1H3. The van der Waals surface area contributed by atoms with Gasteiger partial charge in [-0.05, 0) is 57.6 Å². The van der Waals surface area contributed by atoms with Crippen LogP contribution in [-0.2, 0) is 0 Å². The lowest BCUT2D eigenvalue weighted by molar-refractivity contribution is 0.535. The number of hydrogen-bond donors (Lipinski definition) is 0. The van der Waals surface area contributed by atoms with Gasteiger partial charge in [0.1, 0.15) is 11.2 Å². The summed E-state index contributed by atoms with van der Waals surface area (Å²) in [5, 5.41) is 4.65. The van der Waals surface area contributed by atoms with Crippen LogP contribution in [0.25, 0.3) is 43.8 Å². The maximum Gasteiger partial charge on any atom is 0.156 e. The van der Waals surface area contributed by atoms with Crippen molar-refractivity contribution in [1.82, 2.24) is 0 Å². The lowest BCUT2D eigenvalue weighted by Gasteiger charge is -2.30. The fourth-order valence-corrected chi connectivity index (χ4v) is 6.65. The third-order valence-electron chi connectivity index (χ3n) is 8.70. The quantitative estimate of drug-likeness (QED) is 0.209. The lowest BCUT2D eigenvalue weighted by Crippen LogP contribution is -2.28. The summed E-state index contributed by atoms with van der Waals surface area (Å²) in [6.07, 6.45) is 0.907. The van der Waals surface area contributed by atoms with Crippen LogP contribution in [0.4, 0.5) is 0 Å². The SMILES string of the molecule is CCC1C(c2ccccc2)=NC(c2ccccc2-c2ccccc2)=NC1c1cccc2oc3cc4ccccc4cc3c12. The highest BCUT2D eigenvalue weighted by molar-refractivity contribution is 6.18. The molecule has 2 atom stereocenters. The van der Waals surface area contributed by atoms with E-state index >= 15 is 0 Å². The number of benzene rings is 6. The Morgan fingerprint density at radius 3 is 2.00 bits per heavy atom. The largest absolute Gasteiger partial charge is 0.456 e. The molecule has 6 aromatic carbocycles. The topological polar surface area (TPSA) is 37.9 Å². The van der Waals surface area contributed by atoms with Crippen LogP contribution in [0, 0.1) is 5.92 Å². The Balaban J connectivity index is 1.39. The minimum absolute atomic E-state index is 0.103. The van der Waals surface area contributed by atoms with Crippen molar-refractivity contribution in [2.75, 3.05) is 0 Å². The number of rotatable bonds is 5. The Labute approximate surface area is 250 Å². The van der Waals surface area contributed by atoms with Crippen molar-refractivity contribution < 1.29 is 4.42 Å². The maximum atomic E-state index is 6.48. The van der Waals surface area contributed by atoms with Crippen LogP contribution < -0.4 is 0 Å². The van der Waals surface area contributed by atoms with E-state index in [1.807, 2.05) is 0 Å². The molecule has 0 fully saturated rings. The molecule has 43 heavy (non-hydrogen) atoms. The average Bonchev–Trinajstić information content (AvgIpc) is 3.45. The number of amidine groups is 1. The van der Waals surface area contributed by atoms with E-state index in [1.54, 1.807) is 0 Å². The van der Waals surface area contributed by atoms with E-state index in [4.69, 9.17) is 14.4 Å². The molecule has 0 bridgehead atoms. The first kappa shape index (κ1) is 25.4. The molecule has 8 rings (SSSR count). The fourth-order valence-electron chi connectivity index (χ4n) is 6.65. The van der Waals surface area contributed by atoms with Gasteiger partial charge in [-0.3, -0.25) is 4.99 Å². The zero-order valence-corrected chi connectivity index (χ0v) is 23.9. The Bertz CT molecular complexity index is 2170. The van der Waals surface area contributed by atoms with Crippen LogP contribution in [0.5, 0.6) is 0 Å². The lowest BCUT2D eigenvalue weighted by atomic mass is 9.81. The third-order valence-corrected chi connectivity index (χ3v) is 8.70. The Morgan fingerprint density at radius 1 is 0.605 bits per heavy atom. The van der Waals surface area contributed by atoms with Crippen molar-refractivity contribution in [3.63, 3.8) is 0 Å². The molecule has 0 saturated heterocycles. The van der Waals surface area contributed by atoms with Gasteiger partial charge in [-0.1, -0.05) is 128 Å². The van der Waals surface area contributed by atoms with Gasteiger partial charge in [0, 0.05) is 22.3 Å². The molecule has 7 aromatic rings. The number of furan rings is 1. The van der Waals surface area contributed by atoms with Crippen molar-refractivity contribution in [2.45, 2.75) is 19.4 Å². The van der Waals surface area contributed by atoms with Gasteiger partial charge in [-0.2, -0.15) is 0 Å². The van der Waals surface area contributed by atoms with E-state index in [2.05, 4.69) is 146 Å². The van der Waals surface area contributed by atoms with Gasteiger partial charge in [0.15, 0.2) is 5.84 Å². The van der Waals surface area contributed by atoms with Crippen molar-refractivity contribution >= 4 is 44.3 Å². The van der Waals surface area contributed by atoms with E-state index in [9.17, 15) is 0 Å². The molecular formula is C40H30N2O. The number of nitrogens with zero attached hydrogens (tertiary/aromatic N) is 2. The summed E-state index contributed by atoms with van der Waals surface area (Å²) < 4.78 is 6.48. The molecule has 206 valence electrons. The Morgan fingerprint density at radius 2 is 1.26 bits per heavy atom. The molecule has 0 saturated carbocycles. The second-order valence-corrected chi connectivity index (χ2v) is 11.2. The Hall–Kier alpha value is -5.28. The van der Waals surface area contributed by atoms with Crippen molar-refractivity contribution in [3.8, 4) is 11.1 Å². The van der Waals surface area contributed by atoms with Gasteiger partial charge >= 0.3 is 0 Å². The number of aliphatic imine (C=N–C) groups is 2. The predicted molar refractivity (Wildman–Crippen MR) is 179 cm³/mol. The smallest absolute Gasteiger partial charge is 0.156 e. The summed E-state index contributed by atoms with van der Waals surface area (Å²) >= 11 is 0. The molecule has 2 heterocycles. The van der Waals surface area contributed by atoms with E-state index in [0.29, 0.717) is 0 Å². The first-order valence-corrected chi connectivity index (χ1v) is 15.0. The minimum atomic E-state index is -0.132. The molecule has 1 aliphatic rings. The molecular weight excluding hydrogens is 524 g/mol. The van der Waals surface area contributed by atoms with Crippen molar-refractivity contribution in [3.05, 3.63) is 156 Å². The van der Waals surface area contributed by atoms with Gasteiger partial charge in [-0.25, -0.2) is 4.99 Å². The normalized spacial score (nSPS) is 16.9. The second kappa shape index (κ2) is 10.5. The Kier molecular flexibility index (Phi) is 6.22. The van der Waals surface area contributed by atoms with E-state index < -0.39 is 0 Å². The first-order chi connectivity index (χ1) is 21.3. The highest BCUT2D eigenvalue weighted by Gasteiger charge is 2.34. The van der Waals surface area contributed by atoms with Gasteiger partial charge in [0.05, 0.1) is 11.8 Å². The molecule has 1 aromatic heterocycles. The van der Waals surface area contributed by atoms with E-state index in [-0.39, 0.29) is 12.0 Å². The summed E-state index contributed by atoms with van der Waals surface area (Å²) in [5.41, 5.74) is 8.51. The molecule has 1 aliphatic heterocycles. The highest BCUT2D eigenvalue weighted by Crippen LogP contribution is 2.43. The molecule has 0 radical (unpaired) electrons. The molecule has 0 N–H and O–H groups in total. The van der Waals surface area contributed by atoms with Crippen LogP contribution in [0.1, 0.15) is 36.1 Å². The highest BCUT2D eigenvalue weighted by atomic mass is 16.3. The van der Waals surface area contributed by atoms with Crippen LogP contribution >= 0.6 is 0 Å². The predicted octanol–water partition coefficient (Wildman–Crippen LogP) is 10.4. The van der Waals surface area contributed by atoms with E-state index in [1.165, 1.54) is 16.3 Å². The average molecular weight is 555 g/mol. The van der Waals surface area contributed by atoms with Gasteiger partial charge < -0.3 is 4.42 Å². The summed E-state index contributed by atoms with van der Waals surface area (Å²) in [6, 6.07) is 48.8. The molecule has 2 unspecified atom stereocenters. The van der Waals surface area contributed by atoms with Crippen molar-refractivity contribution in [1.29, 1.82) is 0 Å². The fraction of sp³-hybridized carbons (Fsp3) is 0.100. The van der Waals surface area contributed by atoms with Crippen LogP contribution in [0.2, 0.25) is 0 Å². The number of hydrogen-bond acceptors (Lipinski definition) is 3. The molecule has 3 heteroatoms. The maximum absolute atomic E-state index is 6.48. The van der Waals surface area contributed by atoms with Crippen molar-refractivity contribution in [2.24, 2.45) is 15.9 Å². The zero-order valence-electron chi connectivity index (χ0n) is 23.9. The van der Waals surface area contributed by atoms with Gasteiger partial charge in [0.2, 0.25) is 0 Å². The van der Waals surface area contributed by atoms with E-state index in [0.717, 1.165) is 62.2 Å². The van der Waals surface area contributed by atoms with Crippen LogP contribution in [0.3, 0.4) is 0 Å². The summed E-state index contributed by atoms with van der Waals surface area (Å²) in [5.74, 6) is 0.870. The van der Waals surface area contributed by atoms with Crippen LogP contribution in [-0.4, -0.2) is 11.5 Å². The molecule has 3 nitrogen and oxygen atoms in total. The first-order valence-electron chi connectivity index (χ1n) is 15.0. The molecule has 0 spiro atoms. The summed E-state index contributed by atoms with van der Waals surface area (Å²) in [6.45, 7) is 2.25. The van der Waals surface area contributed by atoms with Gasteiger partial charge in [0.25, 0.3) is 0 Å². The third kappa shape index (κ3) is 4.36. The van der Waals surface area contributed by atoms with Crippen LogP contribution in [0.15, 0.2) is 154 Å². The number of fused-ring (bicyclic) bond motifs is 4.